The van der Waals surface area contributed by atoms with Crippen molar-refractivity contribution in [2.24, 2.45) is 0 Å². The molecule has 2 aliphatic heterocycles. The minimum Gasteiger partial charge on any atom is -0.385 e. The summed E-state index contributed by atoms with van der Waals surface area (Å²) in [5.41, 5.74) is 2.21. The van der Waals surface area contributed by atoms with E-state index in [1.165, 1.54) is 0 Å². The average molecular weight is 369 g/mol. The van der Waals surface area contributed by atoms with Crippen LogP contribution in [0.2, 0.25) is 0 Å². The van der Waals surface area contributed by atoms with Crippen molar-refractivity contribution in [3.8, 4) is 0 Å². The van der Waals surface area contributed by atoms with Crippen molar-refractivity contribution in [2.45, 2.75) is 47.7 Å². The SMILES string of the molecule is CC1CC(O)(c2cccc(Sc3ccc4c(c3)CC(=O)N4C)c2)CCO1. The first kappa shape index (κ1) is 17.6. The van der Waals surface area contributed by atoms with Gasteiger partial charge in [0.1, 0.15) is 0 Å². The fraction of sp³-hybridized carbons (Fsp3) is 0.381. The molecule has 0 radical (unpaired) electrons. The lowest BCUT2D eigenvalue weighted by atomic mass is 9.84. The summed E-state index contributed by atoms with van der Waals surface area (Å²) in [7, 11) is 1.82. The van der Waals surface area contributed by atoms with Crippen LogP contribution in [0.4, 0.5) is 5.69 Å². The fourth-order valence-corrected chi connectivity index (χ4v) is 4.76. The Morgan fingerprint density at radius 3 is 2.85 bits per heavy atom. The quantitative estimate of drug-likeness (QED) is 0.895. The lowest BCUT2D eigenvalue weighted by molar-refractivity contribution is -0.117. The molecular formula is C21H23NO3S. The third kappa shape index (κ3) is 3.27. The van der Waals surface area contributed by atoms with Crippen LogP contribution in [-0.4, -0.2) is 30.8 Å². The van der Waals surface area contributed by atoms with E-state index < -0.39 is 5.60 Å². The van der Waals surface area contributed by atoms with Gasteiger partial charge in [0, 0.05) is 35.4 Å². The molecule has 2 aliphatic rings. The number of carbonyl (C=O) groups excluding carboxylic acids is 1. The van der Waals surface area contributed by atoms with Gasteiger partial charge >= 0.3 is 0 Å². The Kier molecular flexibility index (Phi) is 4.55. The van der Waals surface area contributed by atoms with Crippen LogP contribution < -0.4 is 4.90 Å². The number of fused-ring (bicyclic) bond motifs is 1. The summed E-state index contributed by atoms with van der Waals surface area (Å²) >= 11 is 1.66. The van der Waals surface area contributed by atoms with Gasteiger partial charge in [0.05, 0.1) is 24.7 Å². The number of rotatable bonds is 3. The monoisotopic (exact) mass is 369 g/mol. The molecule has 0 spiro atoms. The smallest absolute Gasteiger partial charge is 0.231 e. The standard InChI is InChI=1S/C21H23NO3S/c1-14-13-21(24,8-9-25-14)16-4-3-5-17(12-16)26-18-6-7-19-15(10-18)11-20(23)22(19)2/h3-7,10,12,14,24H,8-9,11,13H2,1-2H3. The lowest BCUT2D eigenvalue weighted by Gasteiger charge is -2.36. The molecule has 4 nitrogen and oxygen atoms in total. The van der Waals surface area contributed by atoms with Gasteiger partial charge in [-0.25, -0.2) is 0 Å². The highest BCUT2D eigenvalue weighted by molar-refractivity contribution is 7.99. The average Bonchev–Trinajstić information content (AvgIpc) is 2.89. The molecule has 1 fully saturated rings. The van der Waals surface area contributed by atoms with Crippen LogP contribution in [0.5, 0.6) is 0 Å². The van der Waals surface area contributed by atoms with Crippen molar-refractivity contribution in [2.75, 3.05) is 18.6 Å². The number of ether oxygens (including phenoxy) is 1. The van der Waals surface area contributed by atoms with Crippen LogP contribution in [-0.2, 0) is 21.6 Å². The van der Waals surface area contributed by atoms with E-state index in [-0.39, 0.29) is 12.0 Å². The molecule has 2 unspecified atom stereocenters. The molecule has 2 atom stereocenters. The molecule has 1 saturated heterocycles. The number of carbonyl (C=O) groups is 1. The van der Waals surface area contributed by atoms with Gasteiger partial charge in [-0.3, -0.25) is 4.79 Å². The number of anilines is 1. The highest BCUT2D eigenvalue weighted by Crippen LogP contribution is 2.38. The van der Waals surface area contributed by atoms with Crippen LogP contribution >= 0.6 is 11.8 Å². The van der Waals surface area contributed by atoms with Gasteiger partial charge in [0.25, 0.3) is 0 Å². The number of benzene rings is 2. The van der Waals surface area contributed by atoms with E-state index in [0.29, 0.717) is 25.9 Å². The topological polar surface area (TPSA) is 49.8 Å². The molecule has 0 aliphatic carbocycles. The largest absolute Gasteiger partial charge is 0.385 e. The zero-order valence-corrected chi connectivity index (χ0v) is 15.9. The number of hydrogen-bond acceptors (Lipinski definition) is 4. The Labute approximate surface area is 158 Å². The Morgan fingerprint density at radius 2 is 2.04 bits per heavy atom. The lowest BCUT2D eigenvalue weighted by Crippen LogP contribution is -2.37. The molecule has 0 saturated carbocycles. The van der Waals surface area contributed by atoms with Crippen LogP contribution in [0.1, 0.15) is 30.9 Å². The third-order valence-electron chi connectivity index (χ3n) is 5.28. The summed E-state index contributed by atoms with van der Waals surface area (Å²) < 4.78 is 5.58. The predicted octanol–water partition coefficient (Wildman–Crippen LogP) is 3.74. The van der Waals surface area contributed by atoms with Gasteiger partial charge in [-0.05, 0) is 48.4 Å². The first-order valence-electron chi connectivity index (χ1n) is 8.96. The predicted molar refractivity (Wildman–Crippen MR) is 103 cm³/mol. The van der Waals surface area contributed by atoms with Gasteiger partial charge in [-0.1, -0.05) is 23.9 Å². The summed E-state index contributed by atoms with van der Waals surface area (Å²) in [6, 6.07) is 14.3. The third-order valence-corrected chi connectivity index (χ3v) is 6.26. The summed E-state index contributed by atoms with van der Waals surface area (Å²) in [5.74, 6) is 0.139. The van der Waals surface area contributed by atoms with Gasteiger partial charge < -0.3 is 14.7 Å². The van der Waals surface area contributed by atoms with Crippen LogP contribution in [0, 0.1) is 0 Å². The maximum atomic E-state index is 11.9. The van der Waals surface area contributed by atoms with Crippen LogP contribution in [0.3, 0.4) is 0 Å². The Balaban J connectivity index is 1.57. The molecule has 1 amide bonds. The highest BCUT2D eigenvalue weighted by atomic mass is 32.2. The number of likely N-dealkylation sites (N-methyl/N-ethyl adjacent to an activating group) is 1. The van der Waals surface area contributed by atoms with Crippen molar-refractivity contribution < 1.29 is 14.6 Å². The molecular weight excluding hydrogens is 346 g/mol. The number of hydrogen-bond donors (Lipinski definition) is 1. The first-order chi connectivity index (χ1) is 12.4. The molecule has 2 heterocycles. The van der Waals surface area contributed by atoms with Crippen molar-refractivity contribution in [3.05, 3.63) is 53.6 Å². The van der Waals surface area contributed by atoms with E-state index in [1.54, 1.807) is 16.7 Å². The normalized spacial score (nSPS) is 25.4. The molecule has 2 aromatic rings. The van der Waals surface area contributed by atoms with Crippen molar-refractivity contribution >= 4 is 23.4 Å². The van der Waals surface area contributed by atoms with Crippen molar-refractivity contribution in [3.63, 3.8) is 0 Å². The zero-order chi connectivity index (χ0) is 18.3. The molecule has 1 N–H and O–H groups in total. The minimum absolute atomic E-state index is 0.0660. The fourth-order valence-electron chi connectivity index (χ4n) is 3.82. The summed E-state index contributed by atoms with van der Waals surface area (Å²) in [5, 5.41) is 11.1. The van der Waals surface area contributed by atoms with Gasteiger partial charge in [-0.2, -0.15) is 0 Å². The van der Waals surface area contributed by atoms with E-state index in [2.05, 4.69) is 24.3 Å². The molecule has 0 bridgehead atoms. The van der Waals surface area contributed by atoms with Gasteiger partial charge in [-0.15, -0.1) is 0 Å². The highest BCUT2D eigenvalue weighted by Gasteiger charge is 2.35. The Hall–Kier alpha value is -1.82. The van der Waals surface area contributed by atoms with E-state index in [0.717, 1.165) is 26.6 Å². The zero-order valence-electron chi connectivity index (χ0n) is 15.1. The van der Waals surface area contributed by atoms with E-state index >= 15 is 0 Å². The molecule has 0 aromatic heterocycles. The first-order valence-corrected chi connectivity index (χ1v) is 9.78. The molecule has 26 heavy (non-hydrogen) atoms. The van der Waals surface area contributed by atoms with E-state index in [4.69, 9.17) is 4.74 Å². The second-order valence-electron chi connectivity index (χ2n) is 7.22. The number of nitrogens with zero attached hydrogens (tertiary/aromatic N) is 1. The number of amides is 1. The summed E-state index contributed by atoms with van der Waals surface area (Å²) in [6.07, 6.45) is 1.78. The Morgan fingerprint density at radius 1 is 1.23 bits per heavy atom. The summed E-state index contributed by atoms with van der Waals surface area (Å²) in [4.78, 5) is 15.8. The van der Waals surface area contributed by atoms with Gasteiger partial charge in [0.2, 0.25) is 5.91 Å². The molecule has 4 rings (SSSR count). The van der Waals surface area contributed by atoms with Crippen molar-refractivity contribution in [1.82, 2.24) is 0 Å². The van der Waals surface area contributed by atoms with Crippen molar-refractivity contribution in [1.29, 1.82) is 0 Å². The van der Waals surface area contributed by atoms with Crippen LogP contribution in [0.25, 0.3) is 0 Å². The maximum absolute atomic E-state index is 11.9. The molecule has 5 heteroatoms. The van der Waals surface area contributed by atoms with E-state index in [1.807, 2.05) is 32.2 Å². The summed E-state index contributed by atoms with van der Waals surface area (Å²) in [6.45, 7) is 2.59. The van der Waals surface area contributed by atoms with Crippen LogP contribution in [0.15, 0.2) is 52.3 Å². The number of aliphatic hydroxyl groups is 1. The maximum Gasteiger partial charge on any atom is 0.231 e. The molecule has 136 valence electrons. The van der Waals surface area contributed by atoms with E-state index in [9.17, 15) is 9.90 Å². The van der Waals surface area contributed by atoms with Gasteiger partial charge in [0.15, 0.2) is 0 Å². The molecule has 2 aromatic carbocycles. The minimum atomic E-state index is -0.818. The second kappa shape index (κ2) is 6.72. The Bertz CT molecular complexity index is 853. The second-order valence-corrected chi connectivity index (χ2v) is 8.36.